The zero-order valence-electron chi connectivity index (χ0n) is 12.8. The number of carbonyl (C=O) groups excluding carboxylic acids is 3. The van der Waals surface area contributed by atoms with Gasteiger partial charge in [0.1, 0.15) is 0 Å². The van der Waals surface area contributed by atoms with Gasteiger partial charge in [0.15, 0.2) is 0 Å². The van der Waals surface area contributed by atoms with E-state index in [-0.39, 0.29) is 13.9 Å². The van der Waals surface area contributed by atoms with Crippen LogP contribution in [0.25, 0.3) is 0 Å². The summed E-state index contributed by atoms with van der Waals surface area (Å²) in [4.78, 5) is 34.6. The summed E-state index contributed by atoms with van der Waals surface area (Å²) in [6.45, 7) is 3.34. The van der Waals surface area contributed by atoms with Crippen LogP contribution in [-0.4, -0.2) is 47.5 Å². The van der Waals surface area contributed by atoms with E-state index in [1.807, 2.05) is 0 Å². The Balaban J connectivity index is 3.69. The van der Waals surface area contributed by atoms with E-state index in [1.165, 1.54) is 19.2 Å². The average Bonchev–Trinajstić information content (AvgIpc) is 2.34. The van der Waals surface area contributed by atoms with Gasteiger partial charge in [-0.3, -0.25) is 0 Å². The summed E-state index contributed by atoms with van der Waals surface area (Å²) >= 11 is 4.05. The molecule has 0 atom stereocenters. The molecule has 7 nitrogen and oxygen atoms in total. The number of carbonyl (C=O) groups is 3. The van der Waals surface area contributed by atoms with Crippen LogP contribution in [0.3, 0.4) is 0 Å². The number of hydrogen-bond acceptors (Lipinski definition) is 7. The van der Waals surface area contributed by atoms with E-state index < -0.39 is 40.4 Å². The van der Waals surface area contributed by atoms with Crippen molar-refractivity contribution in [2.45, 2.75) is 20.8 Å². The molecule has 0 N–H and O–H groups in total. The standard InChI is InChI=1S/C7H5BrClO.3C2H4O2.Pb/c1-10-7-3-5(8)2-6(9)4-7;3*1-2(3)4;/h2-3H,1H3;3*1H3,(H,3,4);/q;;;;+3/p-3. The van der Waals surface area contributed by atoms with Gasteiger partial charge in [-0.25, -0.2) is 0 Å². The molecule has 1 aromatic rings. The molecule has 10 heteroatoms. The van der Waals surface area contributed by atoms with Gasteiger partial charge in [-0.2, -0.15) is 0 Å². The van der Waals surface area contributed by atoms with Crippen molar-refractivity contribution in [3.8, 4) is 5.75 Å². The van der Waals surface area contributed by atoms with Gasteiger partial charge in [-0.15, -0.1) is 0 Å². The van der Waals surface area contributed by atoms with Gasteiger partial charge >= 0.3 is 154 Å². The van der Waals surface area contributed by atoms with Crippen molar-refractivity contribution in [3.63, 3.8) is 0 Å². The van der Waals surface area contributed by atoms with Crippen molar-refractivity contribution in [3.05, 3.63) is 21.6 Å². The van der Waals surface area contributed by atoms with Gasteiger partial charge in [0, 0.05) is 0 Å². The van der Waals surface area contributed by atoms with Crippen molar-refractivity contribution < 1.29 is 27.2 Å². The molecule has 0 radical (unpaired) electrons. The maximum atomic E-state index is 11.5. The zero-order valence-corrected chi connectivity index (χ0v) is 19.0. The third-order valence-electron chi connectivity index (χ3n) is 2.38. The molecule has 0 aromatic heterocycles. The van der Waals surface area contributed by atoms with Crippen LogP contribution in [0.5, 0.6) is 5.75 Å². The second kappa shape index (κ2) is 8.29. The van der Waals surface area contributed by atoms with Gasteiger partial charge in [0.2, 0.25) is 0 Å². The summed E-state index contributed by atoms with van der Waals surface area (Å²) in [5, 5.41) is 0.0849. The molecule has 1 rings (SSSR count). The first kappa shape index (κ1) is 20.2. The molecule has 0 aliphatic heterocycles. The fourth-order valence-corrected chi connectivity index (χ4v) is 12.9. The summed E-state index contributed by atoms with van der Waals surface area (Å²) in [5.41, 5.74) is 0. The summed E-state index contributed by atoms with van der Waals surface area (Å²) in [6, 6.07) is 3.02. The van der Waals surface area contributed by atoms with Crippen LogP contribution in [0.1, 0.15) is 20.8 Å². The molecule has 0 saturated heterocycles. The molecule has 0 aliphatic rings. The minimum absolute atomic E-state index is 0.0849. The molecule has 1 aromatic carbocycles. The third kappa shape index (κ3) is 5.31. The second-order valence-corrected chi connectivity index (χ2v) is 14.3. The van der Waals surface area contributed by atoms with Crippen LogP contribution in [0.4, 0.5) is 0 Å². The van der Waals surface area contributed by atoms with Gasteiger partial charge in [-0.1, -0.05) is 0 Å². The molecule has 0 spiro atoms. The molecule has 0 unspecified atom stereocenters. The fourth-order valence-electron chi connectivity index (χ4n) is 1.79. The Labute approximate surface area is 152 Å². The first-order valence-corrected chi connectivity index (χ1v) is 14.1. The third-order valence-corrected chi connectivity index (χ3v) is 14.6. The van der Waals surface area contributed by atoms with E-state index in [0.717, 1.165) is 20.8 Å². The first-order chi connectivity index (χ1) is 10.6. The predicted molar refractivity (Wildman–Crippen MR) is 86.4 cm³/mol. The van der Waals surface area contributed by atoms with Gasteiger partial charge < -0.3 is 0 Å². The normalized spacial score (nSPS) is 10.7. The number of halogens is 2. The van der Waals surface area contributed by atoms with E-state index in [1.54, 1.807) is 0 Å². The molecular formula is C13H14BrClO7Pb. The number of rotatable bonds is 5. The van der Waals surface area contributed by atoms with Crippen LogP contribution < -0.4 is 7.86 Å². The maximum absolute atomic E-state index is 11.5. The van der Waals surface area contributed by atoms with Crippen LogP contribution in [0.15, 0.2) is 16.6 Å². The summed E-state index contributed by atoms with van der Waals surface area (Å²) in [5.74, 6) is -2.13. The van der Waals surface area contributed by atoms with E-state index in [4.69, 9.17) is 24.4 Å². The van der Waals surface area contributed by atoms with Gasteiger partial charge in [0.05, 0.1) is 0 Å². The monoisotopic (exact) mass is 604 g/mol. The van der Waals surface area contributed by atoms with E-state index >= 15 is 0 Å². The van der Waals surface area contributed by atoms with Crippen LogP contribution in [0.2, 0.25) is 5.02 Å². The fraction of sp³-hybridized carbons (Fsp3) is 0.308. The number of hydrogen-bond donors (Lipinski definition) is 0. The number of ether oxygens (including phenoxy) is 1. The quantitative estimate of drug-likeness (QED) is 0.475. The van der Waals surface area contributed by atoms with E-state index in [9.17, 15) is 14.4 Å². The van der Waals surface area contributed by atoms with E-state index in [0.29, 0.717) is 4.47 Å². The van der Waals surface area contributed by atoms with Crippen molar-refractivity contribution in [1.29, 1.82) is 0 Å². The second-order valence-electron chi connectivity index (χ2n) is 4.30. The Bertz CT molecular complexity index is 609. The SMILES string of the molecule is COc1cc(Br)cc(Cl)[c]1[Pb]([O]C(C)=O)([O]C(C)=O)[O]C(C)=O. The molecule has 0 saturated carbocycles. The van der Waals surface area contributed by atoms with Crippen molar-refractivity contribution in [2.24, 2.45) is 0 Å². The molecule has 0 heterocycles. The first-order valence-electron chi connectivity index (χ1n) is 6.23. The van der Waals surface area contributed by atoms with Crippen molar-refractivity contribution >= 4 is 71.1 Å². The van der Waals surface area contributed by atoms with Gasteiger partial charge in [0.25, 0.3) is 0 Å². The van der Waals surface area contributed by atoms with Crippen molar-refractivity contribution in [2.75, 3.05) is 7.11 Å². The Morgan fingerprint density at radius 1 is 1.00 bits per heavy atom. The molecule has 126 valence electrons. The molecule has 0 bridgehead atoms. The Hall–Kier alpha value is -0.878. The van der Waals surface area contributed by atoms with Crippen LogP contribution >= 0.6 is 27.5 Å². The van der Waals surface area contributed by atoms with Crippen molar-refractivity contribution in [1.82, 2.24) is 0 Å². The van der Waals surface area contributed by atoms with Gasteiger partial charge in [-0.05, 0) is 0 Å². The Morgan fingerprint density at radius 3 is 1.78 bits per heavy atom. The summed E-state index contributed by atoms with van der Waals surface area (Å²) < 4.78 is 21.6. The molecule has 0 fully saturated rings. The minimum atomic E-state index is -5.42. The zero-order chi connectivity index (χ0) is 17.8. The van der Waals surface area contributed by atoms with Crippen LogP contribution in [-0.2, 0) is 22.4 Å². The summed E-state index contributed by atoms with van der Waals surface area (Å²) in [6.07, 6.45) is 0. The average molecular weight is 605 g/mol. The number of methoxy groups -OCH3 is 1. The Morgan fingerprint density at radius 2 is 1.43 bits per heavy atom. The van der Waals surface area contributed by atoms with E-state index in [2.05, 4.69) is 15.9 Å². The topological polar surface area (TPSA) is 88.1 Å². The number of benzene rings is 1. The molecule has 0 amide bonds. The van der Waals surface area contributed by atoms with Crippen LogP contribution in [0, 0.1) is 0 Å². The summed E-state index contributed by atoms with van der Waals surface area (Å²) in [7, 11) is 1.36. The molecule has 23 heavy (non-hydrogen) atoms. The molecular weight excluding hydrogens is 591 g/mol. The molecule has 0 aliphatic carbocycles. The predicted octanol–water partition coefficient (Wildman–Crippen LogP) is 1.95. The Kier molecular flexibility index (Phi) is 7.27.